The fourth-order valence-corrected chi connectivity index (χ4v) is 4.65. The van der Waals surface area contributed by atoms with Crippen LogP contribution in [-0.2, 0) is 22.4 Å². The van der Waals surface area contributed by atoms with E-state index in [0.717, 1.165) is 43.3 Å². The lowest BCUT2D eigenvalue weighted by molar-refractivity contribution is -0.141. The average molecular weight is 464 g/mol. The van der Waals surface area contributed by atoms with Crippen molar-refractivity contribution in [3.05, 3.63) is 57.3 Å². The second kappa shape index (κ2) is 9.89. The van der Waals surface area contributed by atoms with Crippen molar-refractivity contribution in [2.75, 3.05) is 33.2 Å². The Bertz CT molecular complexity index is 935. The summed E-state index contributed by atoms with van der Waals surface area (Å²) >= 11 is 6.60. The van der Waals surface area contributed by atoms with E-state index in [2.05, 4.69) is 30.4 Å². The summed E-state index contributed by atoms with van der Waals surface area (Å²) < 4.78 is 0.188. The van der Waals surface area contributed by atoms with Crippen molar-refractivity contribution in [3.63, 3.8) is 0 Å². The Morgan fingerprint density at radius 3 is 2.48 bits per heavy atom. The number of nitrogens with one attached hydrogen (secondary N) is 1. The largest absolute Gasteiger partial charge is 0.481 e. The van der Waals surface area contributed by atoms with E-state index in [-0.39, 0.29) is 28.3 Å². The van der Waals surface area contributed by atoms with Crippen LogP contribution in [0, 0.1) is 5.92 Å². The molecule has 7 nitrogen and oxygen atoms in total. The lowest BCUT2D eigenvalue weighted by Crippen LogP contribution is -2.43. The number of amides is 2. The van der Waals surface area contributed by atoms with E-state index in [9.17, 15) is 19.5 Å². The molecule has 3 rings (SSSR count). The van der Waals surface area contributed by atoms with E-state index in [1.54, 1.807) is 6.07 Å². The third kappa shape index (κ3) is 5.70. The van der Waals surface area contributed by atoms with Gasteiger partial charge in [-0.2, -0.15) is 0 Å². The second-order valence-electron chi connectivity index (χ2n) is 7.90. The highest BCUT2D eigenvalue weighted by Crippen LogP contribution is 2.27. The Labute approximate surface area is 191 Å². The van der Waals surface area contributed by atoms with Crippen molar-refractivity contribution in [2.45, 2.75) is 18.9 Å². The molecule has 2 aliphatic rings. The molecule has 31 heavy (non-hydrogen) atoms. The molecule has 1 saturated heterocycles. The van der Waals surface area contributed by atoms with E-state index in [1.165, 1.54) is 10.5 Å². The van der Waals surface area contributed by atoms with Gasteiger partial charge in [-0.25, -0.2) is 0 Å². The van der Waals surface area contributed by atoms with Crippen molar-refractivity contribution < 1.29 is 19.5 Å². The molecular weight excluding hydrogens is 438 g/mol. The Hall–Kier alpha value is -2.29. The van der Waals surface area contributed by atoms with Crippen LogP contribution in [0.5, 0.6) is 0 Å². The fraction of sp³-hybridized carbons (Fsp3) is 0.409. The summed E-state index contributed by atoms with van der Waals surface area (Å²) in [6.45, 7) is 9.19. The van der Waals surface area contributed by atoms with Gasteiger partial charge in [0, 0.05) is 31.7 Å². The Kier molecular flexibility index (Phi) is 7.46. The molecule has 0 aromatic heterocycles. The standard InChI is InChI=1S/C22H26ClN3O4S/c1-13(31-14(2)23)20(27)24-19-12-26(11-18(19)22(29)30)21(28)17-5-4-15-6-8-25(3)9-7-16(15)10-17/h4-5,10,18-19H,1-2,6-9,11-12H2,3H3,(H,24,27)(H,29,30)/t18-,19-/m1/s1. The lowest BCUT2D eigenvalue weighted by atomic mass is 9.99. The molecule has 2 N–H and O–H groups in total. The Morgan fingerprint density at radius 1 is 1.16 bits per heavy atom. The maximum atomic E-state index is 13.1. The highest BCUT2D eigenvalue weighted by Gasteiger charge is 2.41. The number of likely N-dealkylation sites (N-methyl/N-ethyl adjacent to an activating group) is 1. The molecule has 1 fully saturated rings. The third-order valence-electron chi connectivity index (χ3n) is 5.71. The molecule has 0 radical (unpaired) electrons. The van der Waals surface area contributed by atoms with Crippen molar-refractivity contribution in [1.82, 2.24) is 15.1 Å². The van der Waals surface area contributed by atoms with Crippen LogP contribution >= 0.6 is 23.4 Å². The van der Waals surface area contributed by atoms with Crippen LogP contribution in [0.1, 0.15) is 21.5 Å². The number of aliphatic carboxylic acids is 1. The van der Waals surface area contributed by atoms with Crippen LogP contribution in [0.25, 0.3) is 0 Å². The fourth-order valence-electron chi connectivity index (χ4n) is 3.95. The minimum absolute atomic E-state index is 0.0285. The molecule has 2 heterocycles. The molecule has 2 amide bonds. The lowest BCUT2D eigenvalue weighted by Gasteiger charge is -2.18. The smallest absolute Gasteiger partial charge is 0.310 e. The number of likely N-dealkylation sites (tertiary alicyclic amines) is 1. The molecule has 0 unspecified atom stereocenters. The Morgan fingerprint density at radius 2 is 1.84 bits per heavy atom. The van der Waals surface area contributed by atoms with E-state index in [4.69, 9.17) is 11.6 Å². The van der Waals surface area contributed by atoms with Gasteiger partial charge < -0.3 is 20.2 Å². The summed E-state index contributed by atoms with van der Waals surface area (Å²) in [5, 5.41) is 12.3. The van der Waals surface area contributed by atoms with Gasteiger partial charge in [0.25, 0.3) is 11.8 Å². The van der Waals surface area contributed by atoms with E-state index >= 15 is 0 Å². The predicted molar refractivity (Wildman–Crippen MR) is 122 cm³/mol. The van der Waals surface area contributed by atoms with Gasteiger partial charge in [-0.05, 0) is 43.1 Å². The first-order valence-electron chi connectivity index (χ1n) is 10.00. The molecule has 2 aliphatic heterocycles. The van der Waals surface area contributed by atoms with Crippen LogP contribution in [0.2, 0.25) is 0 Å². The molecule has 0 spiro atoms. The molecular formula is C22H26ClN3O4S. The Balaban J connectivity index is 1.72. The minimum atomic E-state index is -1.06. The number of rotatable bonds is 6. The van der Waals surface area contributed by atoms with Gasteiger partial charge in [0.05, 0.1) is 21.2 Å². The maximum absolute atomic E-state index is 13.1. The predicted octanol–water partition coefficient (Wildman–Crippen LogP) is 2.32. The van der Waals surface area contributed by atoms with Crippen LogP contribution in [0.15, 0.2) is 40.6 Å². The number of carbonyl (C=O) groups is 3. The van der Waals surface area contributed by atoms with E-state index in [0.29, 0.717) is 5.56 Å². The number of nitrogens with zero attached hydrogens (tertiary/aromatic N) is 2. The summed E-state index contributed by atoms with van der Waals surface area (Å²) in [5.74, 6) is -2.72. The zero-order chi connectivity index (χ0) is 22.7. The molecule has 166 valence electrons. The quantitative estimate of drug-likeness (QED) is 0.629. The van der Waals surface area contributed by atoms with Crippen LogP contribution in [0.3, 0.4) is 0 Å². The topological polar surface area (TPSA) is 90.0 Å². The highest BCUT2D eigenvalue weighted by atomic mass is 35.5. The first-order valence-corrected chi connectivity index (χ1v) is 11.2. The summed E-state index contributed by atoms with van der Waals surface area (Å²) in [6, 6.07) is 5.00. The van der Waals surface area contributed by atoms with Crippen molar-refractivity contribution in [2.24, 2.45) is 5.92 Å². The van der Waals surface area contributed by atoms with Crippen LogP contribution in [0.4, 0.5) is 0 Å². The minimum Gasteiger partial charge on any atom is -0.481 e. The van der Waals surface area contributed by atoms with Gasteiger partial charge in [0.1, 0.15) is 0 Å². The maximum Gasteiger partial charge on any atom is 0.310 e. The number of hydrogen-bond acceptors (Lipinski definition) is 5. The van der Waals surface area contributed by atoms with Crippen molar-refractivity contribution in [3.8, 4) is 0 Å². The van der Waals surface area contributed by atoms with Crippen molar-refractivity contribution >= 4 is 41.1 Å². The molecule has 0 aliphatic carbocycles. The number of halogens is 1. The number of thioether (sulfide) groups is 1. The zero-order valence-corrected chi connectivity index (χ0v) is 19.0. The summed E-state index contributed by atoms with van der Waals surface area (Å²) in [4.78, 5) is 41.1. The molecule has 2 atom stereocenters. The molecule has 1 aromatic rings. The van der Waals surface area contributed by atoms with Gasteiger partial charge in [-0.1, -0.05) is 42.6 Å². The highest BCUT2D eigenvalue weighted by molar-refractivity contribution is 8.08. The SMILES string of the molecule is C=C(Cl)SC(=C)C(=O)N[C@@H]1CN(C(=O)c2ccc3c(c2)CCN(C)CC3)C[C@H]1C(=O)O. The molecule has 9 heteroatoms. The normalized spacial score (nSPS) is 21.2. The number of carbonyl (C=O) groups excluding carboxylic acids is 2. The number of hydrogen-bond donors (Lipinski definition) is 2. The second-order valence-corrected chi connectivity index (χ2v) is 9.77. The number of carboxylic acid groups (broad SMARTS) is 1. The van der Waals surface area contributed by atoms with Crippen molar-refractivity contribution in [1.29, 1.82) is 0 Å². The van der Waals surface area contributed by atoms with E-state index < -0.39 is 23.8 Å². The zero-order valence-electron chi connectivity index (χ0n) is 17.4. The van der Waals surface area contributed by atoms with Crippen LogP contribution in [-0.4, -0.2) is 72.0 Å². The summed E-state index contributed by atoms with van der Waals surface area (Å²) in [7, 11) is 2.08. The first-order chi connectivity index (χ1) is 14.7. The third-order valence-corrected chi connectivity index (χ3v) is 6.59. The molecule has 1 aromatic carbocycles. The number of carboxylic acids is 1. The monoisotopic (exact) mass is 463 g/mol. The van der Waals surface area contributed by atoms with E-state index in [1.807, 2.05) is 12.1 Å². The van der Waals surface area contributed by atoms with Gasteiger partial charge in [-0.3, -0.25) is 14.4 Å². The van der Waals surface area contributed by atoms with Gasteiger partial charge >= 0.3 is 5.97 Å². The summed E-state index contributed by atoms with van der Waals surface area (Å²) in [5.41, 5.74) is 2.94. The molecule has 0 bridgehead atoms. The van der Waals surface area contributed by atoms with Gasteiger partial charge in [0.15, 0.2) is 0 Å². The summed E-state index contributed by atoms with van der Waals surface area (Å²) in [6.07, 6.45) is 1.81. The van der Waals surface area contributed by atoms with Crippen LogP contribution < -0.4 is 5.32 Å². The number of benzene rings is 1. The van der Waals surface area contributed by atoms with Gasteiger partial charge in [-0.15, -0.1) is 0 Å². The molecule has 0 saturated carbocycles. The van der Waals surface area contributed by atoms with Gasteiger partial charge in [0.2, 0.25) is 0 Å². The first kappa shape index (κ1) is 23.4. The number of fused-ring (bicyclic) bond motifs is 1. The average Bonchev–Trinajstić information content (AvgIpc) is 3.04.